The first kappa shape index (κ1) is 24.1. The molecule has 0 unspecified atom stereocenters. The van der Waals surface area contributed by atoms with Gasteiger partial charge in [-0.3, -0.25) is 0 Å². The van der Waals surface area contributed by atoms with Gasteiger partial charge in [-0.1, -0.05) is 38.0 Å². The van der Waals surface area contributed by atoms with Crippen LogP contribution in [0.1, 0.15) is 51.5 Å². The molecular weight excluding hydrogens is 412 g/mol. The van der Waals surface area contributed by atoms with E-state index in [0.717, 1.165) is 18.4 Å². The standard InChI is InChI=1S/C24H36N2O4S/c1-18-15-26(19(2)17-27)31(28,29)24-13-12-21(11-10-20-8-6-5-7-9-20)14-22(24)30-23(18)16-25(3)4/h12-14,18-20,23,27H,5-9,15-17H2,1-4H3/t18-,19+,23-/m1/s1. The second-order valence-corrected chi connectivity index (χ2v) is 11.1. The minimum atomic E-state index is -3.80. The van der Waals surface area contributed by atoms with E-state index in [1.54, 1.807) is 25.1 Å². The molecule has 6 nitrogen and oxygen atoms in total. The number of ether oxygens (including phenoxy) is 1. The fourth-order valence-corrected chi connectivity index (χ4v) is 6.14. The smallest absolute Gasteiger partial charge is 0.247 e. The Morgan fingerprint density at radius 3 is 2.61 bits per heavy atom. The Hall–Kier alpha value is -1.59. The molecule has 1 aromatic carbocycles. The van der Waals surface area contributed by atoms with Crippen molar-refractivity contribution in [3.8, 4) is 17.6 Å². The molecule has 1 saturated carbocycles. The summed E-state index contributed by atoms with van der Waals surface area (Å²) in [5, 5.41) is 9.70. The Balaban J connectivity index is 2.01. The van der Waals surface area contributed by atoms with Gasteiger partial charge >= 0.3 is 0 Å². The molecule has 0 amide bonds. The highest BCUT2D eigenvalue weighted by molar-refractivity contribution is 7.89. The molecule has 0 bridgehead atoms. The highest BCUT2D eigenvalue weighted by Crippen LogP contribution is 2.34. The van der Waals surface area contributed by atoms with Crippen LogP contribution in [-0.4, -0.2) is 68.7 Å². The number of fused-ring (bicyclic) bond motifs is 1. The summed E-state index contributed by atoms with van der Waals surface area (Å²) in [4.78, 5) is 2.19. The molecule has 0 radical (unpaired) electrons. The molecule has 2 aliphatic rings. The molecule has 1 aromatic rings. The number of rotatable bonds is 4. The third kappa shape index (κ3) is 5.81. The van der Waals surface area contributed by atoms with Crippen molar-refractivity contribution in [2.75, 3.05) is 33.8 Å². The Morgan fingerprint density at radius 1 is 1.26 bits per heavy atom. The van der Waals surface area contributed by atoms with Crippen molar-refractivity contribution in [1.82, 2.24) is 9.21 Å². The fraction of sp³-hybridized carbons (Fsp3) is 0.667. The summed E-state index contributed by atoms with van der Waals surface area (Å²) < 4.78 is 34.6. The molecule has 1 aliphatic carbocycles. The molecule has 1 heterocycles. The summed E-state index contributed by atoms with van der Waals surface area (Å²) in [6.45, 7) is 4.46. The van der Waals surface area contributed by atoms with Crippen molar-refractivity contribution in [3.05, 3.63) is 23.8 Å². The minimum Gasteiger partial charge on any atom is -0.487 e. The quantitative estimate of drug-likeness (QED) is 0.717. The number of hydrogen-bond acceptors (Lipinski definition) is 5. The Morgan fingerprint density at radius 2 is 1.97 bits per heavy atom. The number of hydrogen-bond donors (Lipinski definition) is 1. The predicted octanol–water partition coefficient (Wildman–Crippen LogP) is 2.95. The zero-order valence-corrected chi connectivity index (χ0v) is 20.0. The van der Waals surface area contributed by atoms with E-state index in [-0.39, 0.29) is 23.5 Å². The van der Waals surface area contributed by atoms with E-state index < -0.39 is 16.1 Å². The minimum absolute atomic E-state index is 0.0451. The maximum absolute atomic E-state index is 13.5. The Bertz CT molecular complexity index is 913. The van der Waals surface area contributed by atoms with E-state index in [4.69, 9.17) is 4.74 Å². The topological polar surface area (TPSA) is 70.1 Å². The molecule has 31 heavy (non-hydrogen) atoms. The van der Waals surface area contributed by atoms with Crippen LogP contribution in [-0.2, 0) is 10.0 Å². The fourth-order valence-electron chi connectivity index (χ4n) is 4.31. The van der Waals surface area contributed by atoms with Crippen molar-refractivity contribution in [2.45, 2.75) is 63.0 Å². The number of aliphatic hydroxyl groups is 1. The van der Waals surface area contributed by atoms with Crippen molar-refractivity contribution < 1.29 is 18.3 Å². The molecule has 7 heteroatoms. The lowest BCUT2D eigenvalue weighted by Crippen LogP contribution is -2.49. The van der Waals surface area contributed by atoms with Gasteiger partial charge in [0.25, 0.3) is 0 Å². The number of nitrogens with zero attached hydrogens (tertiary/aromatic N) is 2. The second kappa shape index (κ2) is 10.4. The molecule has 1 N–H and O–H groups in total. The molecule has 3 rings (SSSR count). The van der Waals surface area contributed by atoms with Gasteiger partial charge in [0.2, 0.25) is 10.0 Å². The third-order valence-corrected chi connectivity index (χ3v) is 8.26. The van der Waals surface area contributed by atoms with Crippen LogP contribution in [0.3, 0.4) is 0 Å². The van der Waals surface area contributed by atoms with E-state index in [2.05, 4.69) is 11.8 Å². The SMILES string of the molecule is C[C@@H]1CN([C@@H](C)CO)S(=O)(=O)c2ccc(C#CC3CCCCC3)cc2O[C@@H]1CN(C)C. The van der Waals surface area contributed by atoms with Gasteiger partial charge in [-0.25, -0.2) is 8.42 Å². The Kier molecular flexibility index (Phi) is 8.03. The zero-order chi connectivity index (χ0) is 22.6. The van der Waals surface area contributed by atoms with Crippen molar-refractivity contribution in [2.24, 2.45) is 11.8 Å². The molecule has 0 spiro atoms. The Labute approximate surface area is 187 Å². The van der Waals surface area contributed by atoms with Crippen LogP contribution < -0.4 is 4.74 Å². The van der Waals surface area contributed by atoms with Crippen LogP contribution >= 0.6 is 0 Å². The van der Waals surface area contributed by atoms with E-state index in [9.17, 15) is 13.5 Å². The maximum Gasteiger partial charge on any atom is 0.247 e. The summed E-state index contributed by atoms with van der Waals surface area (Å²) in [5.41, 5.74) is 0.776. The zero-order valence-electron chi connectivity index (χ0n) is 19.2. The molecule has 1 fully saturated rings. The summed E-state index contributed by atoms with van der Waals surface area (Å²) in [6.07, 6.45) is 5.84. The van der Waals surface area contributed by atoms with E-state index >= 15 is 0 Å². The average molecular weight is 449 g/mol. The molecular formula is C24H36N2O4S. The first-order chi connectivity index (χ1) is 14.7. The number of likely N-dealkylation sites (N-methyl/N-ethyl adjacent to an activating group) is 1. The number of sulfonamides is 1. The lowest BCUT2D eigenvalue weighted by Gasteiger charge is -2.37. The van der Waals surface area contributed by atoms with Gasteiger partial charge in [0, 0.05) is 36.5 Å². The first-order valence-electron chi connectivity index (χ1n) is 11.3. The molecule has 1 aliphatic heterocycles. The van der Waals surface area contributed by atoms with Crippen LogP contribution in [0.4, 0.5) is 0 Å². The van der Waals surface area contributed by atoms with Gasteiger partial charge in [-0.2, -0.15) is 4.31 Å². The number of aliphatic hydroxyl groups excluding tert-OH is 1. The largest absolute Gasteiger partial charge is 0.487 e. The van der Waals surface area contributed by atoms with Gasteiger partial charge in [-0.15, -0.1) is 0 Å². The van der Waals surface area contributed by atoms with Crippen molar-refractivity contribution >= 4 is 10.0 Å². The summed E-state index contributed by atoms with van der Waals surface area (Å²) in [7, 11) is 0.153. The molecule has 172 valence electrons. The van der Waals surface area contributed by atoms with Crippen LogP contribution in [0.25, 0.3) is 0 Å². The first-order valence-corrected chi connectivity index (χ1v) is 12.8. The monoisotopic (exact) mass is 448 g/mol. The predicted molar refractivity (Wildman–Crippen MR) is 122 cm³/mol. The van der Waals surface area contributed by atoms with Gasteiger partial charge in [0.05, 0.1) is 6.61 Å². The maximum atomic E-state index is 13.5. The number of benzene rings is 1. The summed E-state index contributed by atoms with van der Waals surface area (Å²) >= 11 is 0. The van der Waals surface area contributed by atoms with Crippen molar-refractivity contribution in [1.29, 1.82) is 0 Å². The van der Waals surface area contributed by atoms with Crippen LogP contribution in [0.2, 0.25) is 0 Å². The lowest BCUT2D eigenvalue weighted by molar-refractivity contribution is 0.0812. The van der Waals surface area contributed by atoms with Gasteiger partial charge in [0.1, 0.15) is 16.7 Å². The second-order valence-electron chi connectivity index (χ2n) is 9.27. The van der Waals surface area contributed by atoms with Gasteiger partial charge in [0.15, 0.2) is 0 Å². The molecule has 0 aromatic heterocycles. The van der Waals surface area contributed by atoms with Crippen LogP contribution in [0, 0.1) is 23.7 Å². The highest BCUT2D eigenvalue weighted by atomic mass is 32.2. The van der Waals surface area contributed by atoms with Crippen LogP contribution in [0.5, 0.6) is 5.75 Å². The highest BCUT2D eigenvalue weighted by Gasteiger charge is 2.37. The third-order valence-electron chi connectivity index (χ3n) is 6.24. The van der Waals surface area contributed by atoms with Crippen molar-refractivity contribution in [3.63, 3.8) is 0 Å². The lowest BCUT2D eigenvalue weighted by atomic mass is 9.90. The molecule has 0 saturated heterocycles. The van der Waals surface area contributed by atoms with E-state index in [1.807, 2.05) is 25.9 Å². The van der Waals surface area contributed by atoms with E-state index in [1.165, 1.54) is 23.6 Å². The van der Waals surface area contributed by atoms with Gasteiger partial charge < -0.3 is 14.7 Å². The van der Waals surface area contributed by atoms with Gasteiger partial charge in [-0.05, 0) is 52.1 Å². The normalized spacial score (nSPS) is 25.5. The average Bonchev–Trinajstić information content (AvgIpc) is 2.74. The summed E-state index contributed by atoms with van der Waals surface area (Å²) in [6, 6.07) is 4.63. The van der Waals surface area contributed by atoms with Crippen LogP contribution in [0.15, 0.2) is 23.1 Å². The summed E-state index contributed by atoms with van der Waals surface area (Å²) in [5.74, 6) is 7.35. The molecule has 3 atom stereocenters. The van der Waals surface area contributed by atoms with E-state index in [0.29, 0.717) is 24.8 Å².